The van der Waals surface area contributed by atoms with Crippen molar-refractivity contribution >= 4 is 0 Å². The molecule has 1 atom stereocenters. The lowest BCUT2D eigenvalue weighted by molar-refractivity contribution is 0.0605. The lowest BCUT2D eigenvalue weighted by Gasteiger charge is -2.27. The molecule has 0 aromatic heterocycles. The molecule has 0 saturated carbocycles. The van der Waals surface area contributed by atoms with Gasteiger partial charge in [-0.2, -0.15) is 0 Å². The Balaban J connectivity index is 2.12. The van der Waals surface area contributed by atoms with Gasteiger partial charge in [0.25, 0.3) is 0 Å². The minimum atomic E-state index is 0.791. The fourth-order valence-corrected chi connectivity index (χ4v) is 2.60. The molecule has 1 saturated heterocycles. The van der Waals surface area contributed by atoms with Gasteiger partial charge in [0, 0.05) is 19.8 Å². The van der Waals surface area contributed by atoms with Gasteiger partial charge in [-0.25, -0.2) is 0 Å². The number of hydrogen-bond acceptors (Lipinski definition) is 3. The zero-order valence-corrected chi connectivity index (χ0v) is 11.9. The molecular weight excluding hydrogens is 212 g/mol. The first-order valence-electron chi connectivity index (χ1n) is 7.17. The highest BCUT2D eigenvalue weighted by molar-refractivity contribution is 4.68. The van der Waals surface area contributed by atoms with Crippen LogP contribution < -0.4 is 5.32 Å². The fraction of sp³-hybridized carbons (Fsp3) is 1.00. The van der Waals surface area contributed by atoms with Crippen LogP contribution in [0.15, 0.2) is 0 Å². The number of nitrogens with one attached hydrogen (secondary N) is 1. The SMILES string of the molecule is CCC(CNC)CN(C)CCC1CCOCC1. The average Bonchev–Trinajstić information content (AvgIpc) is 2.37. The van der Waals surface area contributed by atoms with Crippen LogP contribution in [-0.2, 0) is 4.74 Å². The second kappa shape index (κ2) is 8.90. The average molecular weight is 242 g/mol. The van der Waals surface area contributed by atoms with Gasteiger partial charge >= 0.3 is 0 Å². The number of rotatable bonds is 8. The molecule has 0 aromatic carbocycles. The van der Waals surface area contributed by atoms with Crippen LogP contribution in [0.3, 0.4) is 0 Å². The van der Waals surface area contributed by atoms with E-state index < -0.39 is 0 Å². The zero-order valence-electron chi connectivity index (χ0n) is 11.9. The van der Waals surface area contributed by atoms with E-state index in [0.29, 0.717) is 0 Å². The molecule has 0 aliphatic carbocycles. The Bertz CT molecular complexity index is 181. The van der Waals surface area contributed by atoms with Gasteiger partial charge in [-0.05, 0) is 58.3 Å². The van der Waals surface area contributed by atoms with Crippen LogP contribution in [0.4, 0.5) is 0 Å². The Kier molecular flexibility index (Phi) is 7.82. The largest absolute Gasteiger partial charge is 0.381 e. The highest BCUT2D eigenvalue weighted by Gasteiger charge is 2.15. The molecule has 3 nitrogen and oxygen atoms in total. The Hall–Kier alpha value is -0.120. The summed E-state index contributed by atoms with van der Waals surface area (Å²) in [6.45, 7) is 7.84. The van der Waals surface area contributed by atoms with Gasteiger partial charge in [-0.3, -0.25) is 0 Å². The molecule has 3 heteroatoms. The van der Waals surface area contributed by atoms with Gasteiger partial charge < -0.3 is 15.0 Å². The lowest BCUT2D eigenvalue weighted by atomic mass is 9.96. The molecule has 1 rings (SSSR count). The van der Waals surface area contributed by atoms with Gasteiger partial charge in [0.1, 0.15) is 0 Å². The number of hydrogen-bond donors (Lipinski definition) is 1. The Morgan fingerprint density at radius 3 is 2.65 bits per heavy atom. The summed E-state index contributed by atoms with van der Waals surface area (Å²) in [6.07, 6.45) is 5.14. The zero-order chi connectivity index (χ0) is 12.5. The van der Waals surface area contributed by atoms with E-state index in [1.807, 2.05) is 7.05 Å². The predicted molar refractivity (Wildman–Crippen MR) is 73.4 cm³/mol. The van der Waals surface area contributed by atoms with Crippen molar-refractivity contribution in [2.24, 2.45) is 11.8 Å². The van der Waals surface area contributed by atoms with Crippen molar-refractivity contribution in [3.05, 3.63) is 0 Å². The van der Waals surface area contributed by atoms with Crippen molar-refractivity contribution in [2.75, 3.05) is 46.9 Å². The van der Waals surface area contributed by atoms with Crippen molar-refractivity contribution in [2.45, 2.75) is 32.6 Å². The first-order chi connectivity index (χ1) is 8.26. The molecule has 17 heavy (non-hydrogen) atoms. The van der Waals surface area contributed by atoms with E-state index in [9.17, 15) is 0 Å². The molecule has 0 bridgehead atoms. The van der Waals surface area contributed by atoms with Gasteiger partial charge in [0.2, 0.25) is 0 Å². The van der Waals surface area contributed by atoms with E-state index >= 15 is 0 Å². The molecule has 102 valence electrons. The van der Waals surface area contributed by atoms with Crippen molar-refractivity contribution < 1.29 is 4.74 Å². The molecular formula is C14H30N2O. The van der Waals surface area contributed by atoms with Gasteiger partial charge in [0.15, 0.2) is 0 Å². The molecule has 1 heterocycles. The summed E-state index contributed by atoms with van der Waals surface area (Å²) in [5, 5.41) is 3.29. The molecule has 1 aliphatic rings. The van der Waals surface area contributed by atoms with E-state index in [-0.39, 0.29) is 0 Å². The maximum absolute atomic E-state index is 5.40. The predicted octanol–water partition coefficient (Wildman–Crippen LogP) is 1.98. The van der Waals surface area contributed by atoms with Crippen LogP contribution in [0, 0.1) is 11.8 Å². The molecule has 0 amide bonds. The third kappa shape index (κ3) is 6.39. The number of nitrogens with zero attached hydrogens (tertiary/aromatic N) is 1. The van der Waals surface area contributed by atoms with Crippen molar-refractivity contribution in [1.82, 2.24) is 10.2 Å². The number of ether oxygens (including phenoxy) is 1. The van der Waals surface area contributed by atoms with Crippen LogP contribution in [0.1, 0.15) is 32.6 Å². The molecule has 0 radical (unpaired) electrons. The van der Waals surface area contributed by atoms with E-state index in [1.54, 1.807) is 0 Å². The first kappa shape index (κ1) is 14.9. The maximum atomic E-state index is 5.40. The van der Waals surface area contributed by atoms with E-state index in [1.165, 1.54) is 38.8 Å². The smallest absolute Gasteiger partial charge is 0.0468 e. The van der Waals surface area contributed by atoms with Crippen LogP contribution in [0.2, 0.25) is 0 Å². The first-order valence-corrected chi connectivity index (χ1v) is 7.17. The highest BCUT2D eigenvalue weighted by atomic mass is 16.5. The van der Waals surface area contributed by atoms with E-state index in [2.05, 4.69) is 24.2 Å². The van der Waals surface area contributed by atoms with Gasteiger partial charge in [-0.15, -0.1) is 0 Å². The summed E-state index contributed by atoms with van der Waals surface area (Å²) >= 11 is 0. The van der Waals surface area contributed by atoms with Gasteiger partial charge in [-0.1, -0.05) is 13.3 Å². The van der Waals surface area contributed by atoms with Crippen LogP contribution >= 0.6 is 0 Å². The molecule has 1 aliphatic heterocycles. The standard InChI is InChI=1S/C14H30N2O/c1-4-13(11-15-2)12-16(3)8-5-14-6-9-17-10-7-14/h13-15H,4-12H2,1-3H3. The molecule has 1 fully saturated rings. The van der Waals surface area contributed by atoms with Crippen LogP contribution in [0.25, 0.3) is 0 Å². The molecule has 0 spiro atoms. The molecule has 1 unspecified atom stereocenters. The summed E-state index contributed by atoms with van der Waals surface area (Å²) in [5.74, 6) is 1.69. The third-order valence-corrected chi connectivity index (χ3v) is 3.90. The summed E-state index contributed by atoms with van der Waals surface area (Å²) in [5.41, 5.74) is 0. The monoisotopic (exact) mass is 242 g/mol. The Morgan fingerprint density at radius 1 is 1.35 bits per heavy atom. The second-order valence-corrected chi connectivity index (χ2v) is 5.44. The Morgan fingerprint density at radius 2 is 2.06 bits per heavy atom. The lowest BCUT2D eigenvalue weighted by Crippen LogP contribution is -2.32. The minimum absolute atomic E-state index is 0.791. The summed E-state index contributed by atoms with van der Waals surface area (Å²) in [4.78, 5) is 2.50. The quantitative estimate of drug-likeness (QED) is 0.704. The normalized spacial score (nSPS) is 19.8. The van der Waals surface area contributed by atoms with E-state index in [4.69, 9.17) is 4.74 Å². The van der Waals surface area contributed by atoms with E-state index in [0.717, 1.165) is 31.6 Å². The van der Waals surface area contributed by atoms with Crippen molar-refractivity contribution in [3.8, 4) is 0 Å². The van der Waals surface area contributed by atoms with Crippen molar-refractivity contribution in [1.29, 1.82) is 0 Å². The maximum Gasteiger partial charge on any atom is 0.0468 e. The van der Waals surface area contributed by atoms with Crippen LogP contribution in [-0.4, -0.2) is 51.8 Å². The third-order valence-electron chi connectivity index (χ3n) is 3.90. The topological polar surface area (TPSA) is 24.5 Å². The molecule has 0 aromatic rings. The minimum Gasteiger partial charge on any atom is -0.381 e. The summed E-state index contributed by atoms with van der Waals surface area (Å²) in [6, 6.07) is 0. The highest BCUT2D eigenvalue weighted by Crippen LogP contribution is 2.18. The van der Waals surface area contributed by atoms with Crippen LogP contribution in [0.5, 0.6) is 0 Å². The molecule has 1 N–H and O–H groups in total. The second-order valence-electron chi connectivity index (χ2n) is 5.44. The fourth-order valence-electron chi connectivity index (χ4n) is 2.60. The van der Waals surface area contributed by atoms with Crippen molar-refractivity contribution in [3.63, 3.8) is 0 Å². The van der Waals surface area contributed by atoms with Gasteiger partial charge in [0.05, 0.1) is 0 Å². The Labute approximate surface area is 107 Å². The summed E-state index contributed by atoms with van der Waals surface area (Å²) in [7, 11) is 4.31. The summed E-state index contributed by atoms with van der Waals surface area (Å²) < 4.78 is 5.40.